The van der Waals surface area contributed by atoms with Gasteiger partial charge in [0.1, 0.15) is 17.0 Å². The molecule has 3 heterocycles. The molecule has 0 atom stereocenters. The smallest absolute Gasteiger partial charge is 0.319 e. The van der Waals surface area contributed by atoms with Crippen molar-refractivity contribution in [2.75, 3.05) is 24.6 Å². The number of H-pyrrole nitrogens is 1. The van der Waals surface area contributed by atoms with Gasteiger partial charge in [0.15, 0.2) is 5.78 Å². The number of ether oxygens (including phenoxy) is 1. The predicted molar refractivity (Wildman–Crippen MR) is 107 cm³/mol. The highest BCUT2D eigenvalue weighted by Crippen LogP contribution is 2.32. The fourth-order valence-corrected chi connectivity index (χ4v) is 4.30. The average molecular weight is 400 g/mol. The van der Waals surface area contributed by atoms with Crippen LogP contribution in [0.1, 0.15) is 19.4 Å². The molecule has 146 valence electrons. The summed E-state index contributed by atoms with van der Waals surface area (Å²) in [5.74, 6) is 0.558. The maximum absolute atomic E-state index is 12.5. The molecule has 9 heteroatoms. The van der Waals surface area contributed by atoms with E-state index in [2.05, 4.69) is 10.3 Å². The fraction of sp³-hybridized carbons (Fsp3) is 0.316. The Morgan fingerprint density at radius 1 is 1.36 bits per heavy atom. The van der Waals surface area contributed by atoms with E-state index in [4.69, 9.17) is 10.5 Å². The van der Waals surface area contributed by atoms with Gasteiger partial charge in [-0.2, -0.15) is 0 Å². The Morgan fingerprint density at radius 2 is 2.14 bits per heavy atom. The molecule has 0 saturated carbocycles. The van der Waals surface area contributed by atoms with Crippen molar-refractivity contribution < 1.29 is 14.3 Å². The Morgan fingerprint density at radius 3 is 2.82 bits per heavy atom. The van der Waals surface area contributed by atoms with Gasteiger partial charge >= 0.3 is 6.03 Å². The van der Waals surface area contributed by atoms with E-state index < -0.39 is 11.6 Å². The molecule has 0 unspecified atom stereocenters. The van der Waals surface area contributed by atoms with Crippen LogP contribution in [-0.4, -0.2) is 42.0 Å². The van der Waals surface area contributed by atoms with E-state index in [0.29, 0.717) is 45.9 Å². The van der Waals surface area contributed by atoms with Crippen molar-refractivity contribution >= 4 is 40.5 Å². The summed E-state index contributed by atoms with van der Waals surface area (Å²) in [4.78, 5) is 40.8. The number of anilines is 1. The topological polar surface area (TPSA) is 118 Å². The van der Waals surface area contributed by atoms with E-state index in [1.807, 2.05) is 13.8 Å². The van der Waals surface area contributed by atoms with Gasteiger partial charge < -0.3 is 20.8 Å². The van der Waals surface area contributed by atoms with Crippen LogP contribution in [0, 0.1) is 0 Å². The zero-order chi connectivity index (χ0) is 20.1. The van der Waals surface area contributed by atoms with E-state index in [-0.39, 0.29) is 11.3 Å². The summed E-state index contributed by atoms with van der Waals surface area (Å²) < 4.78 is 6.60. The number of urea groups is 1. The minimum absolute atomic E-state index is 0.0143. The number of carbonyl (C=O) groups excluding carboxylic acids is 2. The molecular formula is C19H20N4O4S. The molecule has 0 aliphatic carbocycles. The van der Waals surface area contributed by atoms with E-state index in [9.17, 15) is 14.4 Å². The predicted octanol–water partition coefficient (Wildman–Crippen LogP) is -0.356. The van der Waals surface area contributed by atoms with Gasteiger partial charge in [0, 0.05) is 12.1 Å². The molecule has 1 aromatic carbocycles. The summed E-state index contributed by atoms with van der Waals surface area (Å²) in [7, 11) is 0. The molecule has 1 aromatic heterocycles. The minimum atomic E-state index is -0.628. The fourth-order valence-electron chi connectivity index (χ4n) is 3.31. The van der Waals surface area contributed by atoms with E-state index in [1.165, 1.54) is 16.2 Å². The molecule has 1 saturated heterocycles. The molecule has 4 N–H and O–H groups in total. The lowest BCUT2D eigenvalue weighted by molar-refractivity contribution is -0.117. The number of aromatic amines is 1. The second kappa shape index (κ2) is 6.61. The van der Waals surface area contributed by atoms with Gasteiger partial charge in [0.05, 0.1) is 22.3 Å². The third-order valence-corrected chi connectivity index (χ3v) is 5.97. The van der Waals surface area contributed by atoms with Crippen LogP contribution in [0.3, 0.4) is 0 Å². The number of aromatic nitrogens is 1. The number of nitrogens with zero attached hydrogens (tertiary/aromatic N) is 1. The van der Waals surface area contributed by atoms with Crippen LogP contribution in [0.25, 0.3) is 11.6 Å². The largest absolute Gasteiger partial charge is 0.490 e. The number of thiazole rings is 1. The Labute approximate surface area is 164 Å². The number of carbonyl (C=O) groups is 2. The number of nitrogens with one attached hydrogen (secondary N) is 2. The van der Waals surface area contributed by atoms with Gasteiger partial charge in [-0.05, 0) is 37.6 Å². The number of ketones is 1. The number of rotatable bonds is 1. The van der Waals surface area contributed by atoms with Crippen molar-refractivity contribution in [3.63, 3.8) is 0 Å². The lowest BCUT2D eigenvalue weighted by atomic mass is 10.00. The normalized spacial score (nSPS) is 20.9. The van der Waals surface area contributed by atoms with Gasteiger partial charge in [0.25, 0.3) is 5.56 Å². The van der Waals surface area contributed by atoms with Gasteiger partial charge in [-0.1, -0.05) is 6.07 Å². The number of amides is 2. The molecule has 2 aliphatic heterocycles. The number of primary amides is 1. The molecule has 2 aliphatic rings. The van der Waals surface area contributed by atoms with Crippen molar-refractivity contribution in [3.8, 4) is 5.75 Å². The quantitative estimate of drug-likeness (QED) is 0.605. The highest BCUT2D eigenvalue weighted by atomic mass is 32.1. The third kappa shape index (κ3) is 3.12. The van der Waals surface area contributed by atoms with E-state index in [0.717, 1.165) is 5.56 Å². The zero-order valence-corrected chi connectivity index (χ0v) is 16.3. The van der Waals surface area contributed by atoms with Gasteiger partial charge in [-0.25, -0.2) is 4.79 Å². The summed E-state index contributed by atoms with van der Waals surface area (Å²) in [6, 6.07) is 4.77. The lowest BCUT2D eigenvalue weighted by Gasteiger charge is -2.28. The number of benzene rings is 1. The average Bonchev–Trinajstić information content (AvgIpc) is 3.13. The summed E-state index contributed by atoms with van der Waals surface area (Å²) in [5, 5.41) is 3.15. The van der Waals surface area contributed by atoms with Gasteiger partial charge in [0.2, 0.25) is 0 Å². The second-order valence-corrected chi connectivity index (χ2v) is 8.30. The molecule has 2 aromatic rings. The van der Waals surface area contributed by atoms with E-state index >= 15 is 0 Å². The standard InChI is InChI=1S/C19H20N4O4S/c1-19(2)15(24)11(9-21-19)17-22-16(25)14(28-17)8-10-3-4-13-12(7-10)23(18(20)26)5-6-27-13/h3-4,7-8,21H,5-6,9H2,1-2H3,(H2,20,26)(H,22,25)/b14-8-,17-11+. The van der Waals surface area contributed by atoms with Crippen molar-refractivity contribution in [2.24, 2.45) is 5.73 Å². The van der Waals surface area contributed by atoms with Crippen molar-refractivity contribution in [2.45, 2.75) is 19.4 Å². The molecule has 0 radical (unpaired) electrons. The van der Waals surface area contributed by atoms with Crippen molar-refractivity contribution in [1.82, 2.24) is 10.3 Å². The Hall–Kier alpha value is -2.91. The maximum Gasteiger partial charge on any atom is 0.319 e. The zero-order valence-electron chi connectivity index (χ0n) is 15.5. The van der Waals surface area contributed by atoms with Crippen LogP contribution in [0.4, 0.5) is 10.5 Å². The molecule has 4 rings (SSSR count). The molecule has 2 amide bonds. The van der Waals surface area contributed by atoms with Crippen molar-refractivity contribution in [1.29, 1.82) is 0 Å². The van der Waals surface area contributed by atoms with Crippen LogP contribution in [-0.2, 0) is 4.79 Å². The highest BCUT2D eigenvalue weighted by Gasteiger charge is 2.36. The molecule has 28 heavy (non-hydrogen) atoms. The summed E-state index contributed by atoms with van der Waals surface area (Å²) in [6.07, 6.45) is 1.72. The first kappa shape index (κ1) is 18.5. The molecule has 8 nitrogen and oxygen atoms in total. The van der Waals surface area contributed by atoms with Crippen LogP contribution < -0.4 is 35.4 Å². The molecular weight excluding hydrogens is 380 g/mol. The first-order chi connectivity index (χ1) is 13.3. The monoisotopic (exact) mass is 400 g/mol. The Bertz CT molecular complexity index is 1160. The van der Waals surface area contributed by atoms with Gasteiger partial charge in [-0.15, -0.1) is 11.3 Å². The number of fused-ring (bicyclic) bond motifs is 1. The van der Waals surface area contributed by atoms with Crippen LogP contribution in [0.15, 0.2) is 23.0 Å². The highest BCUT2D eigenvalue weighted by molar-refractivity contribution is 7.07. The summed E-state index contributed by atoms with van der Waals surface area (Å²) in [6.45, 7) is 4.82. The molecule has 0 bridgehead atoms. The Kier molecular flexibility index (Phi) is 4.35. The second-order valence-electron chi connectivity index (χ2n) is 7.25. The number of hydrogen-bond acceptors (Lipinski definition) is 6. The third-order valence-electron chi connectivity index (χ3n) is 4.90. The van der Waals surface area contributed by atoms with Crippen LogP contribution >= 0.6 is 11.3 Å². The molecule has 0 spiro atoms. The summed E-state index contributed by atoms with van der Waals surface area (Å²) in [5.41, 5.74) is 6.45. The van der Waals surface area contributed by atoms with E-state index in [1.54, 1.807) is 24.3 Å². The van der Waals surface area contributed by atoms with Gasteiger partial charge in [-0.3, -0.25) is 14.5 Å². The Balaban J connectivity index is 1.79. The SMILES string of the molecule is CC1(C)NC/C(=c2/[nH]c(=O)/c(=C/c3ccc4c(c3)N(C(N)=O)CCO4)s2)C1=O. The van der Waals surface area contributed by atoms with Crippen molar-refractivity contribution in [3.05, 3.63) is 43.3 Å². The maximum atomic E-state index is 12.5. The lowest BCUT2D eigenvalue weighted by Crippen LogP contribution is -2.41. The first-order valence-electron chi connectivity index (χ1n) is 8.84. The minimum Gasteiger partial charge on any atom is -0.490 e. The molecule has 1 fully saturated rings. The first-order valence-corrected chi connectivity index (χ1v) is 9.65. The number of hydrogen-bond donors (Lipinski definition) is 3. The summed E-state index contributed by atoms with van der Waals surface area (Å²) >= 11 is 1.24. The number of Topliss-reactive ketones (excluding diaryl/α,β-unsaturated/α-hetero) is 1. The van der Waals surface area contributed by atoms with Crippen LogP contribution in [0.5, 0.6) is 5.75 Å². The van der Waals surface area contributed by atoms with Crippen LogP contribution in [0.2, 0.25) is 0 Å². The number of nitrogens with two attached hydrogens (primary N) is 1.